The summed E-state index contributed by atoms with van der Waals surface area (Å²) in [6.07, 6.45) is 5.27. The molecule has 0 aromatic rings. The summed E-state index contributed by atoms with van der Waals surface area (Å²) in [6.45, 7) is 1.29. The second kappa shape index (κ2) is 3.67. The van der Waals surface area contributed by atoms with E-state index in [0.717, 1.165) is 13.0 Å². The summed E-state index contributed by atoms with van der Waals surface area (Å²) in [7, 11) is 3.91. The molecule has 4 unspecified atom stereocenters. The van der Waals surface area contributed by atoms with Crippen molar-refractivity contribution in [1.29, 1.82) is 0 Å². The lowest BCUT2D eigenvalue weighted by Gasteiger charge is -2.19. The second-order valence-corrected chi connectivity index (χ2v) is 5.63. The molecule has 4 atom stereocenters. The number of fused-ring (bicyclic) bond motifs is 5. The Morgan fingerprint density at radius 2 is 1.71 bits per heavy atom. The smallest absolute Gasteiger partial charge is 0.233 e. The Labute approximate surface area is 101 Å². The Bertz CT molecular complexity index is 372. The van der Waals surface area contributed by atoms with Crippen molar-refractivity contribution in [3.05, 3.63) is 12.2 Å². The fourth-order valence-corrected chi connectivity index (χ4v) is 3.48. The first-order chi connectivity index (χ1) is 8.09. The van der Waals surface area contributed by atoms with Crippen LogP contribution in [0.5, 0.6) is 0 Å². The van der Waals surface area contributed by atoms with Gasteiger partial charge in [-0.25, -0.2) is 0 Å². The minimum Gasteiger partial charge on any atom is -0.308 e. The molecule has 3 aliphatic rings. The Morgan fingerprint density at radius 1 is 1.18 bits per heavy atom. The molecular formula is C13H18N2O2. The topological polar surface area (TPSA) is 40.6 Å². The third kappa shape index (κ3) is 1.47. The molecule has 0 aromatic heterocycles. The number of hydrogen-bond acceptors (Lipinski definition) is 3. The van der Waals surface area contributed by atoms with Crippen molar-refractivity contribution in [1.82, 2.24) is 9.80 Å². The van der Waals surface area contributed by atoms with Crippen molar-refractivity contribution in [3.63, 3.8) is 0 Å². The SMILES string of the molecule is CN(C)CCN1C(=O)C2C3C=CC(C3)C2C1=O. The number of imide groups is 1. The highest BCUT2D eigenvalue weighted by molar-refractivity contribution is 6.06. The highest BCUT2D eigenvalue weighted by Gasteiger charge is 2.58. The molecule has 0 spiro atoms. The first-order valence-electron chi connectivity index (χ1n) is 6.28. The molecule has 1 aliphatic heterocycles. The number of allylic oxidation sites excluding steroid dienone is 2. The van der Waals surface area contributed by atoms with Crippen LogP contribution in [0.25, 0.3) is 0 Å². The third-order valence-electron chi connectivity index (χ3n) is 4.33. The van der Waals surface area contributed by atoms with Crippen LogP contribution in [0.3, 0.4) is 0 Å². The highest BCUT2D eigenvalue weighted by Crippen LogP contribution is 2.52. The van der Waals surface area contributed by atoms with Gasteiger partial charge >= 0.3 is 0 Å². The third-order valence-corrected chi connectivity index (χ3v) is 4.33. The van der Waals surface area contributed by atoms with Gasteiger partial charge in [-0.2, -0.15) is 0 Å². The molecule has 3 rings (SSSR count). The lowest BCUT2D eigenvalue weighted by Crippen LogP contribution is -2.38. The van der Waals surface area contributed by atoms with Crippen LogP contribution < -0.4 is 0 Å². The minimum absolute atomic E-state index is 0.0420. The van der Waals surface area contributed by atoms with E-state index in [-0.39, 0.29) is 23.7 Å². The van der Waals surface area contributed by atoms with Crippen LogP contribution in [0.15, 0.2) is 12.2 Å². The number of rotatable bonds is 3. The fraction of sp³-hybridized carbons (Fsp3) is 0.692. The van der Waals surface area contributed by atoms with Crippen molar-refractivity contribution < 1.29 is 9.59 Å². The zero-order chi connectivity index (χ0) is 12.2. The largest absolute Gasteiger partial charge is 0.308 e. The van der Waals surface area contributed by atoms with E-state index >= 15 is 0 Å². The maximum atomic E-state index is 12.3. The number of hydrogen-bond donors (Lipinski definition) is 0. The summed E-state index contributed by atoms with van der Waals surface area (Å²) in [5.74, 6) is 0.702. The van der Waals surface area contributed by atoms with Gasteiger partial charge in [0, 0.05) is 13.1 Å². The molecule has 2 fully saturated rings. The van der Waals surface area contributed by atoms with Crippen molar-refractivity contribution in [2.75, 3.05) is 27.2 Å². The Hall–Kier alpha value is -1.16. The number of likely N-dealkylation sites (tertiary alicyclic amines) is 1. The Kier molecular flexibility index (Phi) is 2.36. The van der Waals surface area contributed by atoms with Gasteiger partial charge in [-0.15, -0.1) is 0 Å². The van der Waals surface area contributed by atoms with E-state index in [9.17, 15) is 9.59 Å². The van der Waals surface area contributed by atoms with Gasteiger partial charge in [0.25, 0.3) is 0 Å². The molecule has 4 heteroatoms. The van der Waals surface area contributed by atoms with Crippen LogP contribution in [0, 0.1) is 23.7 Å². The van der Waals surface area contributed by atoms with Crippen LogP contribution >= 0.6 is 0 Å². The predicted molar refractivity (Wildman–Crippen MR) is 63.0 cm³/mol. The van der Waals surface area contributed by atoms with Crippen LogP contribution in [-0.2, 0) is 9.59 Å². The molecule has 1 heterocycles. The van der Waals surface area contributed by atoms with E-state index in [1.807, 2.05) is 19.0 Å². The van der Waals surface area contributed by atoms with Crippen LogP contribution in [-0.4, -0.2) is 48.8 Å². The highest BCUT2D eigenvalue weighted by atomic mass is 16.2. The van der Waals surface area contributed by atoms with E-state index in [1.165, 1.54) is 4.90 Å². The lowest BCUT2D eigenvalue weighted by atomic mass is 9.85. The van der Waals surface area contributed by atoms with E-state index in [0.29, 0.717) is 18.4 Å². The molecule has 1 saturated heterocycles. The molecule has 92 valence electrons. The Balaban J connectivity index is 1.78. The van der Waals surface area contributed by atoms with Crippen molar-refractivity contribution in [2.45, 2.75) is 6.42 Å². The normalized spacial score (nSPS) is 38.6. The van der Waals surface area contributed by atoms with Gasteiger partial charge < -0.3 is 4.90 Å². The Morgan fingerprint density at radius 3 is 2.18 bits per heavy atom. The molecule has 2 amide bonds. The summed E-state index contributed by atoms with van der Waals surface area (Å²) in [4.78, 5) is 28.0. The standard InChI is InChI=1S/C13H18N2O2/c1-14(2)5-6-15-12(16)10-8-3-4-9(7-8)11(10)13(15)17/h3-4,8-11H,5-7H2,1-2H3. The summed E-state index contributed by atoms with van der Waals surface area (Å²) in [6, 6.07) is 0. The zero-order valence-corrected chi connectivity index (χ0v) is 10.3. The van der Waals surface area contributed by atoms with Gasteiger partial charge in [0.1, 0.15) is 0 Å². The fourth-order valence-electron chi connectivity index (χ4n) is 3.48. The summed E-state index contributed by atoms with van der Waals surface area (Å²) in [5.41, 5.74) is 0. The first-order valence-corrected chi connectivity index (χ1v) is 6.28. The number of likely N-dealkylation sites (N-methyl/N-ethyl adjacent to an activating group) is 1. The van der Waals surface area contributed by atoms with Crippen LogP contribution in [0.4, 0.5) is 0 Å². The average Bonchev–Trinajstić information content (AvgIpc) is 2.92. The van der Waals surface area contributed by atoms with Gasteiger partial charge in [0.2, 0.25) is 11.8 Å². The van der Waals surface area contributed by atoms with Gasteiger partial charge in [0.15, 0.2) is 0 Å². The average molecular weight is 234 g/mol. The summed E-state index contributed by atoms with van der Waals surface area (Å²) in [5, 5.41) is 0. The lowest BCUT2D eigenvalue weighted by molar-refractivity contribution is -0.140. The number of amides is 2. The molecule has 2 aliphatic carbocycles. The predicted octanol–water partition coefficient (Wildman–Crippen LogP) is 0.355. The van der Waals surface area contributed by atoms with Gasteiger partial charge in [-0.05, 0) is 32.4 Å². The number of nitrogens with zero attached hydrogens (tertiary/aromatic N) is 2. The molecule has 1 saturated carbocycles. The molecule has 2 bridgehead atoms. The van der Waals surface area contributed by atoms with Crippen LogP contribution in [0.2, 0.25) is 0 Å². The molecule has 0 aromatic carbocycles. The summed E-state index contributed by atoms with van der Waals surface area (Å²) < 4.78 is 0. The second-order valence-electron chi connectivity index (χ2n) is 5.63. The quantitative estimate of drug-likeness (QED) is 0.523. The molecule has 0 N–H and O–H groups in total. The van der Waals surface area contributed by atoms with E-state index in [1.54, 1.807) is 0 Å². The zero-order valence-electron chi connectivity index (χ0n) is 10.3. The molecular weight excluding hydrogens is 216 g/mol. The number of carbonyl (C=O) groups excluding carboxylic acids is 2. The van der Waals surface area contributed by atoms with Crippen molar-refractivity contribution >= 4 is 11.8 Å². The maximum Gasteiger partial charge on any atom is 0.233 e. The minimum atomic E-state index is -0.0420. The van der Waals surface area contributed by atoms with Crippen molar-refractivity contribution in [2.24, 2.45) is 23.7 Å². The molecule has 0 radical (unpaired) electrons. The monoisotopic (exact) mass is 234 g/mol. The molecule has 4 nitrogen and oxygen atoms in total. The molecule has 17 heavy (non-hydrogen) atoms. The van der Waals surface area contributed by atoms with Gasteiger partial charge in [0.05, 0.1) is 11.8 Å². The van der Waals surface area contributed by atoms with Gasteiger partial charge in [-0.3, -0.25) is 14.5 Å². The van der Waals surface area contributed by atoms with Crippen LogP contribution in [0.1, 0.15) is 6.42 Å². The summed E-state index contributed by atoms with van der Waals surface area (Å²) >= 11 is 0. The first kappa shape index (κ1) is 11.0. The number of carbonyl (C=O) groups is 2. The van der Waals surface area contributed by atoms with Gasteiger partial charge in [-0.1, -0.05) is 12.2 Å². The van der Waals surface area contributed by atoms with E-state index in [2.05, 4.69) is 12.2 Å². The van der Waals surface area contributed by atoms with E-state index in [4.69, 9.17) is 0 Å². The van der Waals surface area contributed by atoms with Crippen molar-refractivity contribution in [3.8, 4) is 0 Å². The maximum absolute atomic E-state index is 12.3. The van der Waals surface area contributed by atoms with E-state index < -0.39 is 0 Å².